The van der Waals surface area contributed by atoms with Crippen LogP contribution in [-0.2, 0) is 16.0 Å². The molecule has 0 aliphatic carbocycles. The second-order valence-electron chi connectivity index (χ2n) is 8.17. The van der Waals surface area contributed by atoms with Gasteiger partial charge in [-0.2, -0.15) is 0 Å². The number of ether oxygens (including phenoxy) is 1. The molecule has 0 radical (unpaired) electrons. The van der Waals surface area contributed by atoms with E-state index in [4.69, 9.17) is 16.3 Å². The molecule has 3 aromatic rings. The zero-order valence-electron chi connectivity index (χ0n) is 18.9. The van der Waals surface area contributed by atoms with Gasteiger partial charge in [-0.15, -0.1) is 11.3 Å². The third-order valence-corrected chi connectivity index (χ3v) is 7.20. The number of hydrogen-bond acceptors (Lipinski definition) is 4. The van der Waals surface area contributed by atoms with Gasteiger partial charge in [0.1, 0.15) is 12.4 Å². The number of carbonyl (C=O) groups excluding carboxylic acids is 2. The van der Waals surface area contributed by atoms with Crippen LogP contribution in [0.4, 0.5) is 4.39 Å². The van der Waals surface area contributed by atoms with Crippen LogP contribution in [0.5, 0.6) is 0 Å². The number of halogens is 2. The Morgan fingerprint density at radius 2 is 1.88 bits per heavy atom. The summed E-state index contributed by atoms with van der Waals surface area (Å²) < 4.78 is 18.5. The van der Waals surface area contributed by atoms with Crippen molar-refractivity contribution < 1.29 is 18.7 Å². The molecule has 1 atom stereocenters. The maximum Gasteiger partial charge on any atom is 0.254 e. The zero-order chi connectivity index (χ0) is 24.1. The van der Waals surface area contributed by atoms with E-state index in [0.717, 1.165) is 17.5 Å². The number of amides is 2. The zero-order valence-corrected chi connectivity index (χ0v) is 20.4. The van der Waals surface area contributed by atoms with Crippen molar-refractivity contribution in [1.82, 2.24) is 9.80 Å². The number of nitrogens with zero attached hydrogens (tertiary/aromatic N) is 2. The maximum absolute atomic E-state index is 13.6. The fourth-order valence-electron chi connectivity index (χ4n) is 4.27. The molecule has 178 valence electrons. The molecular weight excluding hydrogens is 475 g/mol. The minimum absolute atomic E-state index is 0.0660. The van der Waals surface area contributed by atoms with Gasteiger partial charge in [0.15, 0.2) is 0 Å². The molecular formula is C26H26ClFN2O3S. The molecule has 1 aliphatic rings. The first-order valence-electron chi connectivity index (χ1n) is 11.1. The van der Waals surface area contributed by atoms with Crippen molar-refractivity contribution in [1.29, 1.82) is 0 Å². The van der Waals surface area contributed by atoms with Gasteiger partial charge in [-0.3, -0.25) is 9.59 Å². The van der Waals surface area contributed by atoms with Crippen LogP contribution in [0.25, 0.3) is 0 Å². The van der Waals surface area contributed by atoms with E-state index in [2.05, 4.69) is 11.4 Å². The third kappa shape index (κ3) is 5.49. The second kappa shape index (κ2) is 11.1. The van der Waals surface area contributed by atoms with Crippen molar-refractivity contribution >= 4 is 34.8 Å². The summed E-state index contributed by atoms with van der Waals surface area (Å²) in [5.41, 5.74) is 2.44. The maximum atomic E-state index is 13.6. The van der Waals surface area contributed by atoms with Gasteiger partial charge in [0.25, 0.3) is 5.91 Å². The highest BCUT2D eigenvalue weighted by atomic mass is 35.5. The van der Waals surface area contributed by atoms with E-state index in [0.29, 0.717) is 36.7 Å². The highest BCUT2D eigenvalue weighted by Gasteiger charge is 2.34. The van der Waals surface area contributed by atoms with Crippen molar-refractivity contribution in [2.24, 2.45) is 0 Å². The standard InChI is InChI=1S/C26H26ClFN2O3S/c1-33-15-2-13-29(26(32)19-5-9-21(28)10-6-19)17-24(31)30-14-11-23-22(12-16-34-23)25(30)18-3-7-20(27)8-4-18/h3-10,12,16,25H,2,11,13-15,17H2,1H3. The highest BCUT2D eigenvalue weighted by molar-refractivity contribution is 7.10. The van der Waals surface area contributed by atoms with Gasteiger partial charge in [-0.1, -0.05) is 23.7 Å². The third-order valence-electron chi connectivity index (χ3n) is 5.95. The number of benzene rings is 2. The Labute approximate surface area is 207 Å². The Morgan fingerprint density at radius 1 is 1.15 bits per heavy atom. The van der Waals surface area contributed by atoms with E-state index in [1.54, 1.807) is 18.4 Å². The van der Waals surface area contributed by atoms with Crippen molar-refractivity contribution in [3.05, 3.63) is 92.4 Å². The van der Waals surface area contributed by atoms with Crippen LogP contribution in [0.3, 0.4) is 0 Å². The van der Waals surface area contributed by atoms with E-state index >= 15 is 0 Å². The molecule has 34 heavy (non-hydrogen) atoms. The summed E-state index contributed by atoms with van der Waals surface area (Å²) >= 11 is 7.80. The monoisotopic (exact) mass is 500 g/mol. The van der Waals surface area contributed by atoms with Crippen molar-refractivity contribution in [3.63, 3.8) is 0 Å². The minimum Gasteiger partial charge on any atom is -0.385 e. The Bertz CT molecular complexity index is 1130. The number of hydrogen-bond donors (Lipinski definition) is 0. The molecule has 0 saturated heterocycles. The lowest BCUT2D eigenvalue weighted by molar-refractivity contribution is -0.134. The van der Waals surface area contributed by atoms with Crippen LogP contribution in [0, 0.1) is 5.82 Å². The van der Waals surface area contributed by atoms with Crippen molar-refractivity contribution in [3.8, 4) is 0 Å². The molecule has 0 N–H and O–H groups in total. The van der Waals surface area contributed by atoms with E-state index < -0.39 is 5.82 Å². The molecule has 2 amide bonds. The lowest BCUT2D eigenvalue weighted by Crippen LogP contribution is -2.47. The Kier molecular flexibility index (Phi) is 7.98. The summed E-state index contributed by atoms with van der Waals surface area (Å²) in [6.45, 7) is 1.33. The molecule has 0 bridgehead atoms. The number of rotatable bonds is 8. The van der Waals surface area contributed by atoms with Crippen LogP contribution in [0.1, 0.15) is 38.8 Å². The smallest absolute Gasteiger partial charge is 0.254 e. The summed E-state index contributed by atoms with van der Waals surface area (Å²) in [4.78, 5) is 31.5. The second-order valence-corrected chi connectivity index (χ2v) is 9.61. The molecule has 0 fully saturated rings. The largest absolute Gasteiger partial charge is 0.385 e. The van der Waals surface area contributed by atoms with Crippen LogP contribution in [0.2, 0.25) is 5.02 Å². The van der Waals surface area contributed by atoms with Crippen LogP contribution < -0.4 is 0 Å². The lowest BCUT2D eigenvalue weighted by Gasteiger charge is -2.37. The predicted octanol–water partition coefficient (Wildman–Crippen LogP) is 5.19. The fraction of sp³-hybridized carbons (Fsp3) is 0.308. The topological polar surface area (TPSA) is 49.9 Å². The molecule has 1 aromatic heterocycles. The van der Waals surface area contributed by atoms with Gasteiger partial charge in [-0.25, -0.2) is 4.39 Å². The van der Waals surface area contributed by atoms with Crippen molar-refractivity contribution in [2.75, 3.05) is 33.4 Å². The molecule has 2 aromatic carbocycles. The molecule has 2 heterocycles. The summed E-state index contributed by atoms with van der Waals surface area (Å²) in [7, 11) is 1.60. The van der Waals surface area contributed by atoms with Gasteiger partial charge in [0.2, 0.25) is 5.91 Å². The van der Waals surface area contributed by atoms with Gasteiger partial charge in [0, 0.05) is 42.3 Å². The molecule has 4 rings (SSSR count). The van der Waals surface area contributed by atoms with Crippen LogP contribution in [-0.4, -0.2) is 55.0 Å². The highest BCUT2D eigenvalue weighted by Crippen LogP contribution is 2.38. The van der Waals surface area contributed by atoms with Gasteiger partial charge in [0.05, 0.1) is 6.04 Å². The van der Waals surface area contributed by atoms with E-state index in [9.17, 15) is 14.0 Å². The molecule has 8 heteroatoms. The average molecular weight is 501 g/mol. The molecule has 0 spiro atoms. The summed E-state index contributed by atoms with van der Waals surface area (Å²) in [6, 6.07) is 14.8. The molecule has 0 saturated carbocycles. The molecule has 1 unspecified atom stereocenters. The normalized spacial score (nSPS) is 15.1. The first-order chi connectivity index (χ1) is 16.5. The summed E-state index contributed by atoms with van der Waals surface area (Å²) in [5, 5.41) is 2.69. The summed E-state index contributed by atoms with van der Waals surface area (Å²) in [5.74, 6) is -0.852. The number of thiophene rings is 1. The lowest BCUT2D eigenvalue weighted by atomic mass is 9.93. The van der Waals surface area contributed by atoms with Gasteiger partial charge >= 0.3 is 0 Å². The van der Waals surface area contributed by atoms with Gasteiger partial charge in [-0.05, 0) is 71.8 Å². The number of methoxy groups -OCH3 is 1. The van der Waals surface area contributed by atoms with E-state index in [1.807, 2.05) is 29.2 Å². The summed E-state index contributed by atoms with van der Waals surface area (Å²) in [6.07, 6.45) is 1.37. The quantitative estimate of drug-likeness (QED) is 0.400. The van der Waals surface area contributed by atoms with Crippen LogP contribution in [0.15, 0.2) is 60.0 Å². The first-order valence-corrected chi connectivity index (χ1v) is 12.4. The Hall–Kier alpha value is -2.74. The first kappa shape index (κ1) is 24.4. The fourth-order valence-corrected chi connectivity index (χ4v) is 5.30. The SMILES string of the molecule is COCCCN(CC(=O)N1CCc2sccc2C1c1ccc(Cl)cc1)C(=O)c1ccc(F)cc1. The molecule has 5 nitrogen and oxygen atoms in total. The van der Waals surface area contributed by atoms with E-state index in [-0.39, 0.29) is 24.4 Å². The Balaban J connectivity index is 1.59. The van der Waals surface area contributed by atoms with E-state index in [1.165, 1.54) is 34.0 Å². The van der Waals surface area contributed by atoms with Crippen molar-refractivity contribution in [2.45, 2.75) is 18.9 Å². The number of carbonyl (C=O) groups is 2. The predicted molar refractivity (Wildman–Crippen MR) is 132 cm³/mol. The minimum atomic E-state index is -0.413. The van der Waals surface area contributed by atoms with Crippen LogP contribution >= 0.6 is 22.9 Å². The average Bonchev–Trinajstić information content (AvgIpc) is 3.32. The molecule has 1 aliphatic heterocycles. The van der Waals surface area contributed by atoms with Gasteiger partial charge < -0.3 is 14.5 Å². The Morgan fingerprint density at radius 3 is 2.59 bits per heavy atom. The number of fused-ring (bicyclic) bond motifs is 1.